The van der Waals surface area contributed by atoms with Crippen LogP contribution in [-0.2, 0) is 4.74 Å². The molecule has 0 bridgehead atoms. The van der Waals surface area contributed by atoms with Crippen molar-refractivity contribution in [3.63, 3.8) is 0 Å². The lowest BCUT2D eigenvalue weighted by Gasteiger charge is -2.35. The topological polar surface area (TPSA) is 74.1 Å². The Hall–Kier alpha value is -0.880. The SMILES string of the molecule is CNC1=N[C@@H]2[C@@H](F)[C@H](O)[C@@H](CO)C[C@@H]2O1. The minimum atomic E-state index is -1.47. The van der Waals surface area contributed by atoms with Crippen molar-refractivity contribution in [2.75, 3.05) is 13.7 Å². The van der Waals surface area contributed by atoms with E-state index in [1.165, 1.54) is 0 Å². The number of rotatable bonds is 1. The zero-order valence-electron chi connectivity index (χ0n) is 8.43. The lowest BCUT2D eigenvalue weighted by Crippen LogP contribution is -2.50. The number of nitrogens with one attached hydrogen (secondary N) is 1. The van der Waals surface area contributed by atoms with Gasteiger partial charge in [0.05, 0.1) is 6.10 Å². The van der Waals surface area contributed by atoms with E-state index in [2.05, 4.69) is 10.3 Å². The number of hydrogen-bond acceptors (Lipinski definition) is 5. The summed E-state index contributed by atoms with van der Waals surface area (Å²) < 4.78 is 19.0. The highest BCUT2D eigenvalue weighted by atomic mass is 19.1. The minimum absolute atomic E-state index is 0.233. The standard InChI is InChI=1S/C9H15FN2O3/c1-11-9-12-7-5(15-9)2-4(3-13)8(14)6(7)10/h4-8,13-14H,2-3H2,1H3,(H,11,12)/t4-,5+,6-,7+,8-/m1/s1. The van der Waals surface area contributed by atoms with E-state index in [9.17, 15) is 9.50 Å². The zero-order chi connectivity index (χ0) is 11.0. The second-order valence-corrected chi connectivity index (χ2v) is 3.94. The summed E-state index contributed by atoms with van der Waals surface area (Å²) >= 11 is 0. The van der Waals surface area contributed by atoms with Crippen LogP contribution in [0.15, 0.2) is 4.99 Å². The monoisotopic (exact) mass is 218 g/mol. The number of aliphatic hydroxyl groups excluding tert-OH is 2. The van der Waals surface area contributed by atoms with Gasteiger partial charge in [-0.15, -0.1) is 0 Å². The molecule has 0 aromatic heterocycles. The molecule has 0 saturated heterocycles. The van der Waals surface area contributed by atoms with Gasteiger partial charge in [-0.05, 0) is 6.42 Å². The molecule has 0 aromatic carbocycles. The molecule has 0 unspecified atom stereocenters. The van der Waals surface area contributed by atoms with E-state index < -0.39 is 24.2 Å². The maximum absolute atomic E-state index is 13.7. The van der Waals surface area contributed by atoms with Gasteiger partial charge in [-0.1, -0.05) is 0 Å². The van der Waals surface area contributed by atoms with Gasteiger partial charge < -0.3 is 20.3 Å². The molecule has 1 heterocycles. The Kier molecular flexibility index (Phi) is 2.79. The molecule has 1 aliphatic carbocycles. The van der Waals surface area contributed by atoms with Crippen LogP contribution in [0.2, 0.25) is 0 Å². The molecule has 1 aliphatic heterocycles. The van der Waals surface area contributed by atoms with Crippen LogP contribution >= 0.6 is 0 Å². The van der Waals surface area contributed by atoms with E-state index in [0.717, 1.165) is 0 Å². The molecule has 6 heteroatoms. The van der Waals surface area contributed by atoms with E-state index >= 15 is 0 Å². The summed E-state index contributed by atoms with van der Waals surface area (Å²) in [6.45, 7) is -0.233. The predicted molar refractivity (Wildman–Crippen MR) is 51.3 cm³/mol. The fourth-order valence-electron chi connectivity index (χ4n) is 2.13. The average molecular weight is 218 g/mol. The molecule has 5 atom stereocenters. The van der Waals surface area contributed by atoms with Crippen LogP contribution in [0.25, 0.3) is 0 Å². The van der Waals surface area contributed by atoms with Crippen molar-refractivity contribution >= 4 is 6.02 Å². The molecule has 3 N–H and O–H groups in total. The molecule has 0 amide bonds. The highest BCUT2D eigenvalue weighted by Crippen LogP contribution is 2.34. The average Bonchev–Trinajstić information content (AvgIpc) is 2.66. The van der Waals surface area contributed by atoms with Crippen LogP contribution in [0, 0.1) is 5.92 Å². The first-order valence-corrected chi connectivity index (χ1v) is 5.02. The number of ether oxygens (including phenoxy) is 1. The van der Waals surface area contributed by atoms with E-state index in [4.69, 9.17) is 9.84 Å². The number of nitrogens with zero attached hydrogens (tertiary/aromatic N) is 1. The molecular weight excluding hydrogens is 203 g/mol. The molecule has 0 spiro atoms. The van der Waals surface area contributed by atoms with E-state index in [1.807, 2.05) is 0 Å². The van der Waals surface area contributed by atoms with Gasteiger partial charge in [-0.25, -0.2) is 9.38 Å². The van der Waals surface area contributed by atoms with E-state index in [1.54, 1.807) is 7.05 Å². The van der Waals surface area contributed by atoms with Crippen molar-refractivity contribution in [3.8, 4) is 0 Å². The van der Waals surface area contributed by atoms with Gasteiger partial charge in [-0.3, -0.25) is 0 Å². The Balaban J connectivity index is 2.12. The third-order valence-electron chi connectivity index (χ3n) is 3.03. The molecule has 5 nitrogen and oxygen atoms in total. The smallest absolute Gasteiger partial charge is 0.285 e. The first-order valence-electron chi connectivity index (χ1n) is 5.02. The first kappa shape index (κ1) is 10.6. The first-order chi connectivity index (χ1) is 7.17. The quantitative estimate of drug-likeness (QED) is 0.530. The maximum Gasteiger partial charge on any atom is 0.285 e. The molecule has 0 radical (unpaired) electrons. The van der Waals surface area contributed by atoms with Crippen molar-refractivity contribution in [2.45, 2.75) is 30.8 Å². The molecule has 86 valence electrons. The number of aliphatic hydroxyl groups is 2. The van der Waals surface area contributed by atoms with Crippen LogP contribution in [-0.4, -0.2) is 54.3 Å². The Labute approximate surface area is 87.0 Å². The number of aliphatic imine (C=N–C) groups is 1. The van der Waals surface area contributed by atoms with Crippen molar-refractivity contribution in [1.82, 2.24) is 5.32 Å². The predicted octanol–water partition coefficient (Wildman–Crippen LogP) is -0.960. The summed E-state index contributed by atoms with van der Waals surface area (Å²) in [5.41, 5.74) is 0. The summed E-state index contributed by atoms with van der Waals surface area (Å²) in [6, 6.07) is -0.344. The molecule has 2 aliphatic rings. The third kappa shape index (κ3) is 1.68. The van der Waals surface area contributed by atoms with Gasteiger partial charge >= 0.3 is 0 Å². The number of amidine groups is 1. The number of fused-ring (bicyclic) bond motifs is 1. The lowest BCUT2D eigenvalue weighted by molar-refractivity contribution is -0.0632. The van der Waals surface area contributed by atoms with Crippen LogP contribution in [0.1, 0.15) is 6.42 Å². The Morgan fingerprint density at radius 1 is 1.67 bits per heavy atom. The van der Waals surface area contributed by atoms with Crippen molar-refractivity contribution in [3.05, 3.63) is 0 Å². The molecule has 1 fully saturated rings. The molecule has 0 aromatic rings. The summed E-state index contributed by atoms with van der Waals surface area (Å²) in [7, 11) is 1.64. The largest absolute Gasteiger partial charge is 0.460 e. The molecular formula is C9H15FN2O3. The summed E-state index contributed by atoms with van der Waals surface area (Å²) in [5, 5.41) is 21.3. The van der Waals surface area contributed by atoms with Crippen LogP contribution in [0.5, 0.6) is 0 Å². The minimum Gasteiger partial charge on any atom is -0.460 e. The summed E-state index contributed by atoms with van der Waals surface area (Å²) in [4.78, 5) is 4.00. The summed E-state index contributed by atoms with van der Waals surface area (Å²) in [5.74, 6) is -0.465. The zero-order valence-corrected chi connectivity index (χ0v) is 8.43. The fraction of sp³-hybridized carbons (Fsp3) is 0.889. The highest BCUT2D eigenvalue weighted by molar-refractivity contribution is 5.75. The van der Waals surface area contributed by atoms with Gasteiger partial charge in [-0.2, -0.15) is 0 Å². The second kappa shape index (κ2) is 3.94. The third-order valence-corrected chi connectivity index (χ3v) is 3.03. The number of alkyl halides is 1. The second-order valence-electron chi connectivity index (χ2n) is 3.94. The van der Waals surface area contributed by atoms with E-state index in [0.29, 0.717) is 12.4 Å². The van der Waals surface area contributed by atoms with Crippen molar-refractivity contribution in [2.24, 2.45) is 10.9 Å². The number of hydrogen-bond donors (Lipinski definition) is 3. The summed E-state index contributed by atoms with van der Waals surface area (Å²) in [6.07, 6.45) is -2.56. The fourth-order valence-corrected chi connectivity index (χ4v) is 2.13. The van der Waals surface area contributed by atoms with Crippen LogP contribution < -0.4 is 5.32 Å². The van der Waals surface area contributed by atoms with Gasteiger partial charge in [0, 0.05) is 19.6 Å². The maximum atomic E-state index is 13.7. The van der Waals surface area contributed by atoms with Crippen molar-refractivity contribution in [1.29, 1.82) is 0 Å². The van der Waals surface area contributed by atoms with Crippen LogP contribution in [0.4, 0.5) is 4.39 Å². The highest BCUT2D eigenvalue weighted by Gasteiger charge is 2.48. The normalized spacial score (nSPS) is 44.3. The van der Waals surface area contributed by atoms with Gasteiger partial charge in [0.2, 0.25) is 0 Å². The molecule has 15 heavy (non-hydrogen) atoms. The van der Waals surface area contributed by atoms with Gasteiger partial charge in [0.1, 0.15) is 12.1 Å². The number of halogens is 1. The Morgan fingerprint density at radius 3 is 3.00 bits per heavy atom. The lowest BCUT2D eigenvalue weighted by atomic mass is 9.81. The van der Waals surface area contributed by atoms with Gasteiger partial charge in [0.15, 0.2) is 6.17 Å². The molecule has 2 rings (SSSR count). The molecule has 1 saturated carbocycles. The van der Waals surface area contributed by atoms with E-state index in [-0.39, 0.29) is 12.7 Å². The van der Waals surface area contributed by atoms with Crippen molar-refractivity contribution < 1.29 is 19.3 Å². The Bertz CT molecular complexity index is 274. The Morgan fingerprint density at radius 2 is 2.40 bits per heavy atom. The van der Waals surface area contributed by atoms with Gasteiger partial charge in [0.25, 0.3) is 6.02 Å². The van der Waals surface area contributed by atoms with Crippen LogP contribution in [0.3, 0.4) is 0 Å².